The van der Waals surface area contributed by atoms with E-state index >= 15 is 0 Å². The zero-order valence-corrected chi connectivity index (χ0v) is 19.0. The number of amides is 2. The minimum absolute atomic E-state index is 0.0123. The molecule has 0 radical (unpaired) electrons. The van der Waals surface area contributed by atoms with Crippen LogP contribution in [0.25, 0.3) is 0 Å². The summed E-state index contributed by atoms with van der Waals surface area (Å²) in [5.41, 5.74) is -1.01. The van der Waals surface area contributed by atoms with Gasteiger partial charge in [-0.15, -0.1) is 0 Å². The number of carbonyl (C=O) groups excluding carboxylic acids is 2. The number of hydrogen-bond donors (Lipinski definition) is 4. The molecule has 1 aromatic heterocycles. The van der Waals surface area contributed by atoms with Gasteiger partial charge in [0.1, 0.15) is 6.10 Å². The van der Waals surface area contributed by atoms with Crippen LogP contribution in [0.4, 0.5) is 0 Å². The molecule has 3 heterocycles. The van der Waals surface area contributed by atoms with E-state index < -0.39 is 17.2 Å². The van der Waals surface area contributed by atoms with Gasteiger partial charge in [0.25, 0.3) is 12.4 Å². The quantitative estimate of drug-likeness (QED) is 0.435. The summed E-state index contributed by atoms with van der Waals surface area (Å²) < 4.78 is 7.78. The second-order valence-corrected chi connectivity index (χ2v) is 8.36. The molecule has 0 bridgehead atoms. The summed E-state index contributed by atoms with van der Waals surface area (Å²) in [4.78, 5) is 35.0. The molecule has 0 unspecified atom stereocenters. The van der Waals surface area contributed by atoms with Gasteiger partial charge in [0, 0.05) is 39.0 Å². The summed E-state index contributed by atoms with van der Waals surface area (Å²) in [6.07, 6.45) is 4.19. The highest BCUT2D eigenvalue weighted by molar-refractivity contribution is 5.94. The third-order valence-electron chi connectivity index (χ3n) is 6.17. The fourth-order valence-corrected chi connectivity index (χ4v) is 4.34. The normalized spacial score (nSPS) is 24.8. The number of hydrogen-bond acceptors (Lipinski definition) is 7. The Morgan fingerprint density at radius 2 is 1.97 bits per heavy atom. The standard InChI is InChI=1S/C20H33N5O4.CH2O2/c1-4-21-16(26)14-24-9-6-20(7-10-24)18(28)19(3,8-11-29-20)23-17(27)15-12-22-25(5-2)13-15;2-1-3/h12-13,18,28H,4-11,14H2,1-3H3,(H,21,26)(H,23,27);1H,(H,2,3)/t18-,19+;/m1./s1. The maximum absolute atomic E-state index is 12.7. The first-order chi connectivity index (χ1) is 15.2. The second-order valence-electron chi connectivity index (χ2n) is 8.36. The Labute approximate surface area is 188 Å². The predicted molar refractivity (Wildman–Crippen MR) is 116 cm³/mol. The summed E-state index contributed by atoms with van der Waals surface area (Å²) in [7, 11) is 0. The Morgan fingerprint density at radius 3 is 2.53 bits per heavy atom. The van der Waals surface area contributed by atoms with Crippen LogP contribution in [0.3, 0.4) is 0 Å². The molecule has 1 aromatic rings. The number of ether oxygens (including phenoxy) is 1. The molecule has 2 fully saturated rings. The van der Waals surface area contributed by atoms with E-state index in [4.69, 9.17) is 14.6 Å². The summed E-state index contributed by atoms with van der Waals surface area (Å²) in [5, 5.41) is 28.1. The molecular weight excluding hydrogens is 418 g/mol. The Hall–Kier alpha value is -2.50. The molecule has 11 nitrogen and oxygen atoms in total. The molecule has 0 aliphatic carbocycles. The lowest BCUT2D eigenvalue weighted by atomic mass is 9.73. The number of likely N-dealkylation sites (N-methyl/N-ethyl adjacent to an activating group) is 1. The number of aromatic nitrogens is 2. The lowest BCUT2D eigenvalue weighted by molar-refractivity contribution is -0.205. The van der Waals surface area contributed by atoms with Gasteiger partial charge in [-0.2, -0.15) is 5.10 Å². The zero-order valence-electron chi connectivity index (χ0n) is 19.0. The van der Waals surface area contributed by atoms with E-state index in [2.05, 4.69) is 20.6 Å². The van der Waals surface area contributed by atoms with Gasteiger partial charge in [0.05, 0.1) is 29.4 Å². The number of rotatable bonds is 6. The molecular formula is C21H35N5O6. The van der Waals surface area contributed by atoms with Crippen molar-refractivity contribution in [2.24, 2.45) is 0 Å². The van der Waals surface area contributed by atoms with Crippen molar-refractivity contribution in [3.8, 4) is 0 Å². The molecule has 2 aliphatic rings. The molecule has 2 atom stereocenters. The average molecular weight is 454 g/mol. The van der Waals surface area contributed by atoms with Crippen molar-refractivity contribution in [1.29, 1.82) is 0 Å². The van der Waals surface area contributed by atoms with Gasteiger partial charge in [-0.05, 0) is 40.0 Å². The largest absolute Gasteiger partial charge is 0.483 e. The number of nitrogens with one attached hydrogen (secondary N) is 2. The first-order valence-electron chi connectivity index (χ1n) is 11.0. The number of likely N-dealkylation sites (tertiary alicyclic amines) is 1. The van der Waals surface area contributed by atoms with Crippen molar-refractivity contribution in [1.82, 2.24) is 25.3 Å². The molecule has 32 heavy (non-hydrogen) atoms. The summed E-state index contributed by atoms with van der Waals surface area (Å²) in [5.74, 6) is -0.227. The van der Waals surface area contributed by atoms with Crippen LogP contribution < -0.4 is 10.6 Å². The van der Waals surface area contributed by atoms with Gasteiger partial charge < -0.3 is 25.6 Å². The Balaban J connectivity index is 0.00000114. The smallest absolute Gasteiger partial charge is 0.290 e. The Morgan fingerprint density at radius 1 is 1.31 bits per heavy atom. The van der Waals surface area contributed by atoms with E-state index in [-0.39, 0.29) is 18.3 Å². The van der Waals surface area contributed by atoms with E-state index in [1.807, 2.05) is 20.8 Å². The molecule has 0 aromatic carbocycles. The van der Waals surface area contributed by atoms with E-state index in [0.29, 0.717) is 64.2 Å². The van der Waals surface area contributed by atoms with Gasteiger partial charge in [-0.1, -0.05) is 0 Å². The molecule has 180 valence electrons. The van der Waals surface area contributed by atoms with Crippen molar-refractivity contribution in [3.63, 3.8) is 0 Å². The predicted octanol–water partition coefficient (Wildman–Crippen LogP) is -0.156. The van der Waals surface area contributed by atoms with Crippen molar-refractivity contribution >= 4 is 18.3 Å². The zero-order chi connectivity index (χ0) is 23.8. The van der Waals surface area contributed by atoms with Crippen molar-refractivity contribution in [2.75, 3.05) is 32.8 Å². The van der Waals surface area contributed by atoms with Crippen LogP contribution in [0.1, 0.15) is 50.4 Å². The van der Waals surface area contributed by atoms with Crippen molar-refractivity contribution in [3.05, 3.63) is 18.0 Å². The third kappa shape index (κ3) is 6.05. The Bertz CT molecular complexity index is 776. The van der Waals surface area contributed by atoms with Crippen LogP contribution in [-0.4, -0.2) is 93.2 Å². The first kappa shape index (κ1) is 25.8. The fourth-order valence-electron chi connectivity index (χ4n) is 4.34. The number of carboxylic acid groups (broad SMARTS) is 1. The van der Waals surface area contributed by atoms with Gasteiger partial charge in [-0.3, -0.25) is 24.0 Å². The van der Waals surface area contributed by atoms with Gasteiger partial charge >= 0.3 is 0 Å². The maximum atomic E-state index is 12.7. The lowest BCUT2D eigenvalue weighted by Gasteiger charge is -2.53. The second kappa shape index (κ2) is 11.4. The van der Waals surface area contributed by atoms with Crippen LogP contribution >= 0.6 is 0 Å². The van der Waals surface area contributed by atoms with E-state index in [0.717, 1.165) is 0 Å². The SMILES string of the molecule is CCNC(=O)CN1CCC2(CC1)OCC[C@](C)(NC(=O)c1cnn(CC)c1)[C@H]2O.O=CO. The van der Waals surface area contributed by atoms with E-state index in [1.54, 1.807) is 17.1 Å². The topological polar surface area (TPSA) is 146 Å². The monoisotopic (exact) mass is 453 g/mol. The molecule has 2 aliphatic heterocycles. The molecule has 4 N–H and O–H groups in total. The Kier molecular flexibility index (Phi) is 9.17. The van der Waals surface area contributed by atoms with Crippen LogP contribution in [-0.2, 0) is 20.9 Å². The van der Waals surface area contributed by atoms with Crippen molar-refractivity contribution < 1.29 is 29.3 Å². The van der Waals surface area contributed by atoms with Crippen LogP contribution in [0.15, 0.2) is 12.4 Å². The lowest BCUT2D eigenvalue weighted by Crippen LogP contribution is -2.69. The highest BCUT2D eigenvalue weighted by Crippen LogP contribution is 2.40. The maximum Gasteiger partial charge on any atom is 0.290 e. The van der Waals surface area contributed by atoms with Crippen LogP contribution in [0.2, 0.25) is 0 Å². The van der Waals surface area contributed by atoms with E-state index in [1.165, 1.54) is 0 Å². The molecule has 1 spiro atoms. The first-order valence-corrected chi connectivity index (χ1v) is 11.0. The van der Waals surface area contributed by atoms with Crippen molar-refractivity contribution in [2.45, 2.75) is 63.8 Å². The highest BCUT2D eigenvalue weighted by Gasteiger charge is 2.53. The number of carbonyl (C=O) groups is 3. The van der Waals surface area contributed by atoms with Crippen LogP contribution in [0, 0.1) is 0 Å². The number of nitrogens with zero attached hydrogens (tertiary/aromatic N) is 3. The number of aliphatic hydroxyl groups excluding tert-OH is 1. The average Bonchev–Trinajstić information content (AvgIpc) is 3.24. The van der Waals surface area contributed by atoms with Crippen LogP contribution in [0.5, 0.6) is 0 Å². The third-order valence-corrected chi connectivity index (χ3v) is 6.17. The van der Waals surface area contributed by atoms with Gasteiger partial charge in [0.15, 0.2) is 0 Å². The molecule has 3 rings (SSSR count). The number of aliphatic hydroxyl groups is 1. The molecule has 11 heteroatoms. The molecule has 2 saturated heterocycles. The van der Waals surface area contributed by atoms with Gasteiger partial charge in [0.2, 0.25) is 5.91 Å². The minimum atomic E-state index is -0.833. The highest BCUT2D eigenvalue weighted by atomic mass is 16.5. The summed E-state index contributed by atoms with van der Waals surface area (Å²) in [6.45, 7) is 8.96. The summed E-state index contributed by atoms with van der Waals surface area (Å²) >= 11 is 0. The number of piperidine rings is 1. The molecule has 0 saturated carbocycles. The molecule has 2 amide bonds. The minimum Gasteiger partial charge on any atom is -0.483 e. The summed E-state index contributed by atoms with van der Waals surface area (Å²) in [6, 6.07) is 0. The number of aryl methyl sites for hydroxylation is 1. The van der Waals surface area contributed by atoms with Gasteiger partial charge in [-0.25, -0.2) is 0 Å². The fraction of sp³-hybridized carbons (Fsp3) is 0.714. The van der Waals surface area contributed by atoms with E-state index in [9.17, 15) is 14.7 Å².